The van der Waals surface area contributed by atoms with Gasteiger partial charge in [0, 0.05) is 25.4 Å². The SMILES string of the molecule is C=CCN(CC=C)c1cccnc1C=C[N+](=O)[O-]. The monoisotopic (exact) mass is 245 g/mol. The van der Waals surface area contributed by atoms with E-state index < -0.39 is 4.92 Å². The highest BCUT2D eigenvalue weighted by molar-refractivity contribution is 5.64. The maximum Gasteiger partial charge on any atom is 0.236 e. The molecule has 0 amide bonds. The summed E-state index contributed by atoms with van der Waals surface area (Å²) in [4.78, 5) is 16.0. The van der Waals surface area contributed by atoms with Crippen molar-refractivity contribution in [3.8, 4) is 0 Å². The zero-order valence-electron chi connectivity index (χ0n) is 10.0. The first kappa shape index (κ1) is 13.6. The molecule has 94 valence electrons. The number of hydrogen-bond acceptors (Lipinski definition) is 4. The molecular weight excluding hydrogens is 230 g/mol. The lowest BCUT2D eigenvalue weighted by Gasteiger charge is -2.22. The summed E-state index contributed by atoms with van der Waals surface area (Å²) in [5.41, 5.74) is 1.37. The van der Waals surface area contributed by atoms with Crippen LogP contribution in [0.4, 0.5) is 5.69 Å². The largest absolute Gasteiger partial charge is 0.362 e. The van der Waals surface area contributed by atoms with Crippen molar-refractivity contribution in [1.29, 1.82) is 0 Å². The molecule has 0 N–H and O–H groups in total. The van der Waals surface area contributed by atoms with E-state index in [2.05, 4.69) is 18.1 Å². The van der Waals surface area contributed by atoms with Gasteiger partial charge in [0.15, 0.2) is 0 Å². The molecule has 0 aliphatic rings. The van der Waals surface area contributed by atoms with Crippen LogP contribution in [0.15, 0.2) is 49.8 Å². The van der Waals surface area contributed by atoms with Gasteiger partial charge in [-0.25, -0.2) is 0 Å². The highest BCUT2D eigenvalue weighted by Gasteiger charge is 2.08. The molecule has 0 bridgehead atoms. The summed E-state index contributed by atoms with van der Waals surface area (Å²) >= 11 is 0. The fourth-order valence-corrected chi connectivity index (χ4v) is 1.52. The maximum absolute atomic E-state index is 10.4. The molecule has 0 aliphatic heterocycles. The maximum atomic E-state index is 10.4. The molecule has 0 fully saturated rings. The Labute approximate surface area is 106 Å². The van der Waals surface area contributed by atoms with E-state index in [1.165, 1.54) is 6.08 Å². The van der Waals surface area contributed by atoms with Gasteiger partial charge in [-0.1, -0.05) is 12.2 Å². The summed E-state index contributed by atoms with van der Waals surface area (Å²) in [5, 5.41) is 10.4. The molecule has 1 aromatic heterocycles. The molecule has 0 spiro atoms. The van der Waals surface area contributed by atoms with Gasteiger partial charge in [0.2, 0.25) is 6.20 Å². The lowest BCUT2D eigenvalue weighted by atomic mass is 10.2. The van der Waals surface area contributed by atoms with Crippen molar-refractivity contribution >= 4 is 11.8 Å². The molecule has 0 atom stereocenters. The van der Waals surface area contributed by atoms with Gasteiger partial charge in [0.05, 0.1) is 16.3 Å². The number of aromatic nitrogens is 1. The predicted molar refractivity (Wildman–Crippen MR) is 72.9 cm³/mol. The van der Waals surface area contributed by atoms with Gasteiger partial charge in [-0.05, 0) is 12.1 Å². The Morgan fingerprint density at radius 3 is 2.61 bits per heavy atom. The smallest absolute Gasteiger partial charge is 0.236 e. The van der Waals surface area contributed by atoms with Crippen LogP contribution in [-0.2, 0) is 0 Å². The van der Waals surface area contributed by atoms with Gasteiger partial charge >= 0.3 is 0 Å². The van der Waals surface area contributed by atoms with Crippen molar-refractivity contribution in [3.05, 3.63) is 65.6 Å². The van der Waals surface area contributed by atoms with E-state index in [1.54, 1.807) is 24.4 Å². The minimum atomic E-state index is -0.510. The van der Waals surface area contributed by atoms with Crippen LogP contribution < -0.4 is 4.90 Å². The second-order valence-corrected chi connectivity index (χ2v) is 3.49. The average Bonchev–Trinajstić information content (AvgIpc) is 2.36. The van der Waals surface area contributed by atoms with Crippen molar-refractivity contribution in [2.75, 3.05) is 18.0 Å². The standard InChI is InChI=1S/C13H15N3O2/c1-3-9-15(10-4-2)13-6-5-8-14-12(13)7-11-16(17)18/h3-8,11H,1-2,9-10H2. The van der Waals surface area contributed by atoms with Gasteiger partial charge in [-0.3, -0.25) is 15.1 Å². The number of nitro groups is 1. The minimum absolute atomic E-state index is 0.510. The van der Waals surface area contributed by atoms with Gasteiger partial charge in [0.1, 0.15) is 0 Å². The van der Waals surface area contributed by atoms with E-state index in [9.17, 15) is 10.1 Å². The molecule has 0 unspecified atom stereocenters. The fourth-order valence-electron chi connectivity index (χ4n) is 1.52. The first-order chi connectivity index (χ1) is 8.69. The summed E-state index contributed by atoms with van der Waals surface area (Å²) in [6.45, 7) is 8.62. The topological polar surface area (TPSA) is 59.3 Å². The molecule has 5 heteroatoms. The van der Waals surface area contributed by atoms with E-state index in [0.29, 0.717) is 18.8 Å². The van der Waals surface area contributed by atoms with Crippen molar-refractivity contribution in [2.45, 2.75) is 0 Å². The molecule has 0 radical (unpaired) electrons. The summed E-state index contributed by atoms with van der Waals surface area (Å²) in [6, 6.07) is 3.65. The van der Waals surface area contributed by atoms with Gasteiger partial charge in [-0.15, -0.1) is 13.2 Å². The Bertz CT molecular complexity index is 459. The van der Waals surface area contributed by atoms with E-state index in [4.69, 9.17) is 0 Å². The van der Waals surface area contributed by atoms with Crippen LogP contribution in [0, 0.1) is 10.1 Å². The van der Waals surface area contributed by atoms with Crippen LogP contribution in [-0.4, -0.2) is 23.0 Å². The van der Waals surface area contributed by atoms with Crippen LogP contribution in [0.25, 0.3) is 6.08 Å². The Morgan fingerprint density at radius 2 is 2.06 bits per heavy atom. The van der Waals surface area contributed by atoms with Gasteiger partial charge in [-0.2, -0.15) is 0 Å². The zero-order valence-corrected chi connectivity index (χ0v) is 10.0. The van der Waals surface area contributed by atoms with Crippen molar-refractivity contribution in [2.24, 2.45) is 0 Å². The minimum Gasteiger partial charge on any atom is -0.362 e. The molecule has 1 aromatic rings. The molecule has 5 nitrogen and oxygen atoms in total. The third-order valence-electron chi connectivity index (χ3n) is 2.21. The second kappa shape index (κ2) is 7.01. The molecule has 1 rings (SSSR count). The van der Waals surface area contributed by atoms with Crippen LogP contribution in [0.2, 0.25) is 0 Å². The zero-order chi connectivity index (χ0) is 13.4. The van der Waals surface area contributed by atoms with E-state index in [-0.39, 0.29) is 0 Å². The normalized spacial score (nSPS) is 10.2. The van der Waals surface area contributed by atoms with Crippen molar-refractivity contribution < 1.29 is 4.92 Å². The summed E-state index contributed by atoms with van der Waals surface area (Å²) < 4.78 is 0. The summed E-state index contributed by atoms with van der Waals surface area (Å²) in [7, 11) is 0. The molecule has 0 saturated carbocycles. The first-order valence-corrected chi connectivity index (χ1v) is 5.42. The van der Waals surface area contributed by atoms with E-state index in [0.717, 1.165) is 11.9 Å². The highest BCUT2D eigenvalue weighted by Crippen LogP contribution is 2.19. The molecule has 0 saturated heterocycles. The van der Waals surface area contributed by atoms with Crippen LogP contribution in [0.3, 0.4) is 0 Å². The Hall–Kier alpha value is -2.43. The highest BCUT2D eigenvalue weighted by atomic mass is 16.6. The third-order valence-corrected chi connectivity index (χ3v) is 2.21. The van der Waals surface area contributed by atoms with E-state index >= 15 is 0 Å². The molecule has 0 aliphatic carbocycles. The Morgan fingerprint density at radius 1 is 1.39 bits per heavy atom. The van der Waals surface area contributed by atoms with Crippen molar-refractivity contribution in [3.63, 3.8) is 0 Å². The van der Waals surface area contributed by atoms with Gasteiger partial charge < -0.3 is 4.90 Å². The molecule has 1 heterocycles. The fraction of sp³-hybridized carbons (Fsp3) is 0.154. The number of pyridine rings is 1. The Balaban J connectivity index is 3.08. The number of hydrogen-bond donors (Lipinski definition) is 0. The third kappa shape index (κ3) is 3.86. The van der Waals surface area contributed by atoms with Gasteiger partial charge in [0.25, 0.3) is 0 Å². The number of rotatable bonds is 7. The van der Waals surface area contributed by atoms with E-state index in [1.807, 2.05) is 11.0 Å². The summed E-state index contributed by atoms with van der Waals surface area (Å²) in [5.74, 6) is 0. The quantitative estimate of drug-likeness (QED) is 0.420. The van der Waals surface area contributed by atoms with Crippen molar-refractivity contribution in [1.82, 2.24) is 4.98 Å². The number of anilines is 1. The Kier molecular flexibility index (Phi) is 5.31. The predicted octanol–water partition coefficient (Wildman–Crippen LogP) is 2.51. The lowest BCUT2D eigenvalue weighted by molar-refractivity contribution is -0.400. The molecular formula is C13H15N3O2. The summed E-state index contributed by atoms with van der Waals surface area (Å²) in [6.07, 6.45) is 7.39. The molecule has 18 heavy (non-hydrogen) atoms. The number of nitrogens with zero attached hydrogens (tertiary/aromatic N) is 3. The lowest BCUT2D eigenvalue weighted by Crippen LogP contribution is -2.24. The van der Waals surface area contributed by atoms with Crippen LogP contribution in [0.1, 0.15) is 5.69 Å². The average molecular weight is 245 g/mol. The van der Waals surface area contributed by atoms with Crippen LogP contribution >= 0.6 is 0 Å². The van der Waals surface area contributed by atoms with Crippen LogP contribution in [0.5, 0.6) is 0 Å². The first-order valence-electron chi connectivity index (χ1n) is 5.42. The second-order valence-electron chi connectivity index (χ2n) is 3.49. The molecule has 0 aromatic carbocycles.